The van der Waals surface area contributed by atoms with E-state index in [2.05, 4.69) is 0 Å². The van der Waals surface area contributed by atoms with Gasteiger partial charge >= 0.3 is 0 Å². The molecule has 0 spiro atoms. The molecule has 0 radical (unpaired) electrons. The van der Waals surface area contributed by atoms with Gasteiger partial charge in [0.2, 0.25) is 0 Å². The van der Waals surface area contributed by atoms with Gasteiger partial charge < -0.3 is 20.1 Å². The Labute approximate surface area is 195 Å². The van der Waals surface area contributed by atoms with Crippen molar-refractivity contribution >= 4 is 28.8 Å². The summed E-state index contributed by atoms with van der Waals surface area (Å²) in [5.74, 6) is -0.629. The minimum absolute atomic E-state index is 0.0372. The van der Waals surface area contributed by atoms with Crippen molar-refractivity contribution in [2.45, 2.75) is 89.9 Å². The molecule has 8 atom stereocenters. The Kier molecular flexibility index (Phi) is 6.19. The van der Waals surface area contributed by atoms with E-state index >= 15 is 0 Å². The fraction of sp³-hybridized carbons (Fsp3) is 0.800. The Morgan fingerprint density at radius 1 is 1.16 bits per heavy atom. The zero-order valence-corrected chi connectivity index (χ0v) is 20.1. The molecule has 32 heavy (non-hydrogen) atoms. The maximum Gasteiger partial charge on any atom is 0.160 e. The van der Waals surface area contributed by atoms with Gasteiger partial charge in [0, 0.05) is 30.1 Å². The molecule has 6 nitrogen and oxygen atoms in total. The lowest BCUT2D eigenvalue weighted by Gasteiger charge is -2.59. The number of fused-ring (bicyclic) bond motifs is 5. The summed E-state index contributed by atoms with van der Waals surface area (Å²) in [5, 5.41) is 33.1. The largest absolute Gasteiger partial charge is 0.487 e. The molecule has 0 heterocycles. The maximum absolute atomic E-state index is 13.2. The van der Waals surface area contributed by atoms with E-state index in [0.717, 1.165) is 12.0 Å². The molecule has 178 valence electrons. The van der Waals surface area contributed by atoms with Gasteiger partial charge in [0.05, 0.1) is 24.4 Å². The second kappa shape index (κ2) is 8.26. The van der Waals surface area contributed by atoms with Crippen molar-refractivity contribution in [1.82, 2.24) is 0 Å². The second-order valence-electron chi connectivity index (χ2n) is 10.9. The molecule has 0 aromatic rings. The molecular formula is C25H36O6S. The number of hydrogen-bond acceptors (Lipinski definition) is 7. The molecule has 7 heteroatoms. The Bertz CT molecular complexity index is 853. The number of aliphatic hydroxyl groups excluding tert-OH is 2. The molecule has 0 amide bonds. The Morgan fingerprint density at radius 2 is 1.88 bits per heavy atom. The smallest absolute Gasteiger partial charge is 0.160 e. The van der Waals surface area contributed by atoms with Gasteiger partial charge in [-0.1, -0.05) is 13.8 Å². The van der Waals surface area contributed by atoms with Crippen LogP contribution in [0.2, 0.25) is 0 Å². The van der Waals surface area contributed by atoms with Gasteiger partial charge in [-0.05, 0) is 80.6 Å². The van der Waals surface area contributed by atoms with Gasteiger partial charge in [0.15, 0.2) is 10.8 Å². The van der Waals surface area contributed by atoms with E-state index < -0.39 is 28.6 Å². The average molecular weight is 465 g/mol. The van der Waals surface area contributed by atoms with Crippen molar-refractivity contribution in [3.05, 3.63) is 11.6 Å². The van der Waals surface area contributed by atoms with Gasteiger partial charge in [0.25, 0.3) is 0 Å². The molecule has 0 saturated heterocycles. The number of Topliss-reactive ketones (excluding diaryl/α,β-unsaturated/α-hetero) is 1. The van der Waals surface area contributed by atoms with Gasteiger partial charge in [-0.2, -0.15) is 0 Å². The summed E-state index contributed by atoms with van der Waals surface area (Å²) in [6.45, 7) is 6.38. The number of ether oxygens (including phenoxy) is 1. The number of ketones is 2. The summed E-state index contributed by atoms with van der Waals surface area (Å²) in [4.78, 5) is 26.3. The van der Waals surface area contributed by atoms with E-state index in [9.17, 15) is 24.9 Å². The molecule has 1 unspecified atom stereocenters. The lowest BCUT2D eigenvalue weighted by molar-refractivity contribution is -0.154. The van der Waals surface area contributed by atoms with Crippen LogP contribution >= 0.6 is 12.2 Å². The molecule has 4 rings (SSSR count). The third kappa shape index (κ3) is 3.42. The van der Waals surface area contributed by atoms with Crippen molar-refractivity contribution in [3.63, 3.8) is 0 Å². The summed E-state index contributed by atoms with van der Waals surface area (Å²) >= 11 is 5.18. The van der Waals surface area contributed by atoms with Crippen molar-refractivity contribution in [1.29, 1.82) is 0 Å². The van der Waals surface area contributed by atoms with Gasteiger partial charge in [-0.3, -0.25) is 9.59 Å². The highest BCUT2D eigenvalue weighted by Crippen LogP contribution is 2.67. The standard InChI is InChI=1S/C25H36O6S/c1-4-31-22(32)6-5-18(26)15-8-10-25(30)16-11-19(27)17-12-20(28)21(29)13-23(17,2)14(16)7-9-24(15,25)3/h11,14-15,17,20-21,28-30H,4-10,12-13H2,1-3H3/t14?,15-,17+,20-,21+,23-,24-,25-/m1/s1. The van der Waals surface area contributed by atoms with Gasteiger partial charge in [-0.25, -0.2) is 0 Å². The van der Waals surface area contributed by atoms with Crippen LogP contribution in [0.1, 0.15) is 72.1 Å². The topological polar surface area (TPSA) is 104 Å². The van der Waals surface area contributed by atoms with Crippen molar-refractivity contribution in [2.24, 2.45) is 28.6 Å². The zero-order valence-electron chi connectivity index (χ0n) is 19.3. The predicted molar refractivity (Wildman–Crippen MR) is 123 cm³/mol. The number of carbonyl (C=O) groups is 2. The van der Waals surface area contributed by atoms with Crippen molar-refractivity contribution in [3.8, 4) is 0 Å². The summed E-state index contributed by atoms with van der Waals surface area (Å²) in [6, 6.07) is 0. The van der Waals surface area contributed by atoms with Crippen molar-refractivity contribution in [2.75, 3.05) is 6.61 Å². The van der Waals surface area contributed by atoms with Gasteiger partial charge in [0.1, 0.15) is 5.78 Å². The normalized spacial score (nSPS) is 45.4. The monoisotopic (exact) mass is 464 g/mol. The quantitative estimate of drug-likeness (QED) is 0.538. The fourth-order valence-electron chi connectivity index (χ4n) is 7.52. The Balaban J connectivity index is 1.61. The van der Waals surface area contributed by atoms with Crippen LogP contribution in [0.5, 0.6) is 0 Å². The first-order chi connectivity index (χ1) is 15.0. The maximum atomic E-state index is 13.2. The molecular weight excluding hydrogens is 428 g/mol. The van der Waals surface area contributed by atoms with Crippen LogP contribution in [-0.4, -0.2) is 56.4 Å². The van der Waals surface area contributed by atoms with Crippen LogP contribution in [0, 0.1) is 28.6 Å². The summed E-state index contributed by atoms with van der Waals surface area (Å²) in [6.07, 6.45) is 3.68. The molecule has 0 aromatic heterocycles. The molecule has 3 N–H and O–H groups in total. The lowest BCUT2D eigenvalue weighted by Crippen LogP contribution is -2.61. The molecule has 3 fully saturated rings. The minimum atomic E-state index is -1.21. The van der Waals surface area contributed by atoms with E-state index in [0.29, 0.717) is 50.2 Å². The molecule has 4 aliphatic rings. The van der Waals surface area contributed by atoms with Crippen molar-refractivity contribution < 1.29 is 29.6 Å². The summed E-state index contributed by atoms with van der Waals surface area (Å²) in [7, 11) is 0. The Morgan fingerprint density at radius 3 is 2.56 bits per heavy atom. The number of rotatable bonds is 5. The summed E-state index contributed by atoms with van der Waals surface area (Å²) < 4.78 is 5.31. The molecule has 3 saturated carbocycles. The van der Waals surface area contributed by atoms with E-state index in [1.165, 1.54) is 0 Å². The highest BCUT2D eigenvalue weighted by molar-refractivity contribution is 7.80. The number of allylic oxidation sites excluding steroid dienone is 1. The molecule has 0 aliphatic heterocycles. The third-order valence-corrected chi connectivity index (χ3v) is 9.71. The lowest BCUT2D eigenvalue weighted by atomic mass is 9.46. The molecule has 4 aliphatic carbocycles. The second-order valence-corrected chi connectivity index (χ2v) is 11.3. The third-order valence-electron chi connectivity index (χ3n) is 9.39. The van der Waals surface area contributed by atoms with Crippen LogP contribution in [0.25, 0.3) is 0 Å². The fourth-order valence-corrected chi connectivity index (χ4v) is 7.74. The first-order valence-electron chi connectivity index (χ1n) is 12.0. The van der Waals surface area contributed by atoms with Crippen LogP contribution in [0.3, 0.4) is 0 Å². The van der Waals surface area contributed by atoms with Crippen LogP contribution in [0.4, 0.5) is 0 Å². The number of hydrogen-bond donors (Lipinski definition) is 3. The minimum Gasteiger partial charge on any atom is -0.487 e. The number of carbonyl (C=O) groups excluding carboxylic acids is 2. The van der Waals surface area contributed by atoms with E-state index in [1.807, 2.05) is 20.8 Å². The number of thiocarbonyl (C=S) groups is 1. The van der Waals surface area contributed by atoms with Crippen LogP contribution in [-0.2, 0) is 14.3 Å². The molecule has 0 bridgehead atoms. The highest BCUT2D eigenvalue weighted by Gasteiger charge is 2.67. The van der Waals surface area contributed by atoms with Crippen LogP contribution < -0.4 is 0 Å². The predicted octanol–water partition coefficient (Wildman–Crippen LogP) is 2.90. The van der Waals surface area contributed by atoms with E-state index in [-0.39, 0.29) is 35.7 Å². The number of aliphatic hydroxyl groups is 3. The van der Waals surface area contributed by atoms with E-state index in [1.54, 1.807) is 6.08 Å². The molecule has 0 aromatic carbocycles. The van der Waals surface area contributed by atoms with E-state index in [4.69, 9.17) is 17.0 Å². The van der Waals surface area contributed by atoms with Gasteiger partial charge in [-0.15, -0.1) is 0 Å². The average Bonchev–Trinajstić information content (AvgIpc) is 3.00. The first-order valence-corrected chi connectivity index (χ1v) is 12.4. The van der Waals surface area contributed by atoms with Crippen LogP contribution in [0.15, 0.2) is 11.6 Å². The SMILES string of the molecule is CCOC(=S)CCC(=O)[C@H]1CC[C@@]2(O)C3=CC(=O)[C@@H]4C[C@@H](O)[C@@H](O)C[C@]4(C)C3CC[C@]12C. The zero-order chi connectivity index (χ0) is 23.5. The first kappa shape index (κ1) is 24.0. The summed E-state index contributed by atoms with van der Waals surface area (Å²) in [5.41, 5.74) is -1.58. The highest BCUT2D eigenvalue weighted by atomic mass is 32.1. The Hall–Kier alpha value is -1.15.